The molecule has 2 aromatic carbocycles. The Morgan fingerprint density at radius 3 is 2.17 bits per heavy atom. The first-order chi connectivity index (χ1) is 13.9. The second kappa shape index (κ2) is 9.17. The maximum absolute atomic E-state index is 13.1. The number of benzene rings is 2. The number of nitrogens with one attached hydrogen (secondary N) is 1. The fourth-order valence-corrected chi connectivity index (χ4v) is 4.42. The van der Waals surface area contributed by atoms with Crippen LogP contribution in [0.5, 0.6) is 11.5 Å². The monoisotopic (exact) mass is 418 g/mol. The fourth-order valence-electron chi connectivity index (χ4n) is 3.34. The summed E-state index contributed by atoms with van der Waals surface area (Å²) in [5, 5.41) is 0. The molecular weight excluding hydrogens is 392 g/mol. The highest BCUT2D eigenvalue weighted by Gasteiger charge is 2.24. The second-order valence-electron chi connectivity index (χ2n) is 6.90. The number of likely N-dealkylation sites (tertiary alicyclic amines) is 1. The molecule has 1 amide bonds. The summed E-state index contributed by atoms with van der Waals surface area (Å²) in [6, 6.07) is 10.9. The zero-order valence-electron chi connectivity index (χ0n) is 16.7. The standard InChI is InChI=1S/C21H26N2O5S/c1-27-17-9-7-16(8-10-17)22-29(25,26)18-11-12-20(28-2)19(15-18)21(24)23-13-5-3-4-6-14-23/h7-12,15,22H,3-6,13-14H2,1-2H3. The third-order valence-corrected chi connectivity index (χ3v) is 6.33. The van der Waals surface area contributed by atoms with Crippen molar-refractivity contribution in [3.05, 3.63) is 48.0 Å². The third kappa shape index (κ3) is 5.00. The normalized spacial score (nSPS) is 14.8. The number of carbonyl (C=O) groups is 1. The molecule has 29 heavy (non-hydrogen) atoms. The van der Waals surface area contributed by atoms with Crippen LogP contribution in [0.1, 0.15) is 36.0 Å². The van der Waals surface area contributed by atoms with Crippen LogP contribution in [0.15, 0.2) is 47.4 Å². The molecule has 8 heteroatoms. The maximum atomic E-state index is 13.1. The lowest BCUT2D eigenvalue weighted by molar-refractivity contribution is 0.0758. The van der Waals surface area contributed by atoms with Crippen LogP contribution < -0.4 is 14.2 Å². The SMILES string of the molecule is COc1ccc(NS(=O)(=O)c2ccc(OC)c(C(=O)N3CCCCCC3)c2)cc1. The van der Waals surface area contributed by atoms with Gasteiger partial charge in [0.25, 0.3) is 15.9 Å². The van der Waals surface area contributed by atoms with Crippen LogP contribution in [0.25, 0.3) is 0 Å². The van der Waals surface area contributed by atoms with E-state index in [0.29, 0.717) is 30.3 Å². The summed E-state index contributed by atoms with van der Waals surface area (Å²) >= 11 is 0. The highest BCUT2D eigenvalue weighted by Crippen LogP contribution is 2.27. The van der Waals surface area contributed by atoms with Gasteiger partial charge in [-0.3, -0.25) is 9.52 Å². The summed E-state index contributed by atoms with van der Waals surface area (Å²) in [4.78, 5) is 14.8. The Kier molecular flexibility index (Phi) is 6.64. The Hall–Kier alpha value is -2.74. The molecule has 0 bridgehead atoms. The Morgan fingerprint density at radius 2 is 1.59 bits per heavy atom. The molecule has 0 spiro atoms. The van der Waals surface area contributed by atoms with E-state index in [0.717, 1.165) is 25.7 Å². The van der Waals surface area contributed by atoms with Gasteiger partial charge in [-0.1, -0.05) is 12.8 Å². The van der Waals surface area contributed by atoms with E-state index in [1.807, 2.05) is 0 Å². The smallest absolute Gasteiger partial charge is 0.261 e. The number of hydrogen-bond acceptors (Lipinski definition) is 5. The zero-order valence-corrected chi connectivity index (χ0v) is 17.5. The Morgan fingerprint density at radius 1 is 0.931 bits per heavy atom. The highest BCUT2D eigenvalue weighted by atomic mass is 32.2. The zero-order chi connectivity index (χ0) is 20.9. The number of hydrogen-bond donors (Lipinski definition) is 1. The minimum absolute atomic E-state index is 0.00675. The Bertz CT molecular complexity index is 950. The van der Waals surface area contributed by atoms with E-state index >= 15 is 0 Å². The van der Waals surface area contributed by atoms with Crippen molar-refractivity contribution < 1.29 is 22.7 Å². The molecule has 1 saturated heterocycles. The van der Waals surface area contributed by atoms with Crippen LogP contribution in [-0.4, -0.2) is 46.5 Å². The van der Waals surface area contributed by atoms with Crippen molar-refractivity contribution in [2.75, 3.05) is 32.0 Å². The van der Waals surface area contributed by atoms with Crippen LogP contribution in [0, 0.1) is 0 Å². The summed E-state index contributed by atoms with van der Waals surface area (Å²) in [6.07, 6.45) is 4.10. The van der Waals surface area contributed by atoms with E-state index in [2.05, 4.69) is 4.72 Å². The molecule has 1 aliphatic heterocycles. The van der Waals surface area contributed by atoms with Crippen molar-refractivity contribution >= 4 is 21.6 Å². The first-order valence-corrected chi connectivity index (χ1v) is 11.1. The summed E-state index contributed by atoms with van der Waals surface area (Å²) in [7, 11) is -0.857. The van der Waals surface area contributed by atoms with Crippen molar-refractivity contribution in [2.24, 2.45) is 0 Å². The molecule has 0 aliphatic carbocycles. The van der Waals surface area contributed by atoms with Crippen molar-refractivity contribution in [3.8, 4) is 11.5 Å². The van der Waals surface area contributed by atoms with E-state index in [9.17, 15) is 13.2 Å². The lowest BCUT2D eigenvalue weighted by Gasteiger charge is -2.22. The lowest BCUT2D eigenvalue weighted by atomic mass is 10.1. The van der Waals surface area contributed by atoms with Gasteiger partial charge in [-0.05, 0) is 55.3 Å². The Labute approximate surface area is 171 Å². The van der Waals surface area contributed by atoms with E-state index in [1.54, 1.807) is 36.3 Å². The summed E-state index contributed by atoms with van der Waals surface area (Å²) < 4.78 is 38.6. The Balaban J connectivity index is 1.88. The lowest BCUT2D eigenvalue weighted by Crippen LogP contribution is -2.32. The molecule has 2 aromatic rings. The fraction of sp³-hybridized carbons (Fsp3) is 0.381. The summed E-state index contributed by atoms with van der Waals surface area (Å²) in [6.45, 7) is 1.34. The molecule has 156 valence electrons. The number of methoxy groups -OCH3 is 2. The molecule has 0 aromatic heterocycles. The summed E-state index contributed by atoms with van der Waals surface area (Å²) in [5.41, 5.74) is 0.661. The van der Waals surface area contributed by atoms with Gasteiger partial charge in [0.15, 0.2) is 0 Å². The predicted molar refractivity (Wildman–Crippen MR) is 111 cm³/mol. The minimum Gasteiger partial charge on any atom is -0.497 e. The van der Waals surface area contributed by atoms with Crippen LogP contribution in [0.2, 0.25) is 0 Å². The average Bonchev–Trinajstić information content (AvgIpc) is 3.02. The van der Waals surface area contributed by atoms with Crippen LogP contribution in [0.3, 0.4) is 0 Å². The second-order valence-corrected chi connectivity index (χ2v) is 8.58. The quantitative estimate of drug-likeness (QED) is 0.776. The van der Waals surface area contributed by atoms with E-state index in [-0.39, 0.29) is 16.4 Å². The number of ether oxygens (including phenoxy) is 2. The van der Waals surface area contributed by atoms with E-state index < -0.39 is 10.0 Å². The first kappa shape index (κ1) is 21.0. The molecule has 1 aliphatic rings. The number of nitrogens with zero attached hydrogens (tertiary/aromatic N) is 1. The van der Waals surface area contributed by atoms with Crippen molar-refractivity contribution in [1.82, 2.24) is 4.90 Å². The van der Waals surface area contributed by atoms with Gasteiger partial charge in [0.1, 0.15) is 11.5 Å². The number of amides is 1. The molecule has 1 heterocycles. The minimum atomic E-state index is -3.87. The topological polar surface area (TPSA) is 84.9 Å². The first-order valence-electron chi connectivity index (χ1n) is 9.59. The predicted octanol–water partition coefficient (Wildman–Crippen LogP) is 3.52. The molecule has 0 unspecified atom stereocenters. The largest absolute Gasteiger partial charge is 0.497 e. The molecule has 0 saturated carbocycles. The summed E-state index contributed by atoms with van der Waals surface area (Å²) in [5.74, 6) is 0.788. The van der Waals surface area contributed by atoms with Gasteiger partial charge in [-0.15, -0.1) is 0 Å². The molecule has 1 fully saturated rings. The van der Waals surface area contributed by atoms with Gasteiger partial charge >= 0.3 is 0 Å². The molecule has 0 radical (unpaired) electrons. The van der Waals surface area contributed by atoms with Gasteiger partial charge in [0, 0.05) is 18.8 Å². The van der Waals surface area contributed by atoms with Crippen molar-refractivity contribution in [1.29, 1.82) is 0 Å². The van der Waals surface area contributed by atoms with E-state index in [1.165, 1.54) is 25.3 Å². The average molecular weight is 419 g/mol. The van der Waals surface area contributed by atoms with Gasteiger partial charge in [0.05, 0.1) is 24.7 Å². The third-order valence-electron chi connectivity index (χ3n) is 4.95. The molecule has 3 rings (SSSR count). The number of anilines is 1. The van der Waals surface area contributed by atoms with Crippen LogP contribution in [-0.2, 0) is 10.0 Å². The molecule has 0 atom stereocenters. The van der Waals surface area contributed by atoms with Gasteiger partial charge < -0.3 is 14.4 Å². The van der Waals surface area contributed by atoms with Crippen molar-refractivity contribution in [3.63, 3.8) is 0 Å². The highest BCUT2D eigenvalue weighted by molar-refractivity contribution is 7.92. The van der Waals surface area contributed by atoms with Gasteiger partial charge in [0.2, 0.25) is 0 Å². The van der Waals surface area contributed by atoms with Gasteiger partial charge in [-0.25, -0.2) is 8.42 Å². The van der Waals surface area contributed by atoms with Crippen LogP contribution >= 0.6 is 0 Å². The van der Waals surface area contributed by atoms with Crippen molar-refractivity contribution in [2.45, 2.75) is 30.6 Å². The molecular formula is C21H26N2O5S. The number of sulfonamides is 1. The van der Waals surface area contributed by atoms with Crippen LogP contribution in [0.4, 0.5) is 5.69 Å². The van der Waals surface area contributed by atoms with E-state index in [4.69, 9.17) is 9.47 Å². The maximum Gasteiger partial charge on any atom is 0.261 e. The van der Waals surface area contributed by atoms with Gasteiger partial charge in [-0.2, -0.15) is 0 Å². The molecule has 7 nitrogen and oxygen atoms in total. The number of rotatable bonds is 6. The molecule has 1 N–H and O–H groups in total. The number of carbonyl (C=O) groups excluding carboxylic acids is 1.